The molecule has 9 aromatic rings. The van der Waals surface area contributed by atoms with Gasteiger partial charge in [0.1, 0.15) is 11.6 Å². The van der Waals surface area contributed by atoms with Gasteiger partial charge in [-0.2, -0.15) is 5.26 Å². The molecule has 0 aliphatic carbocycles. The first-order valence-electron chi connectivity index (χ1n) is 18.7. The first-order valence-corrected chi connectivity index (χ1v) is 18.7. The molecule has 0 bridgehead atoms. The van der Waals surface area contributed by atoms with Crippen molar-refractivity contribution in [3.63, 3.8) is 0 Å². The van der Waals surface area contributed by atoms with Gasteiger partial charge < -0.3 is 9.13 Å². The largest absolute Gasteiger partial charge is 0.308 e. The summed E-state index contributed by atoms with van der Waals surface area (Å²) in [5.74, 6) is 0. The highest BCUT2D eigenvalue weighted by molar-refractivity contribution is 6.11. The highest BCUT2D eigenvalue weighted by Gasteiger charge is 2.25. The van der Waals surface area contributed by atoms with Crippen LogP contribution in [0.3, 0.4) is 0 Å². The smallest absolute Gasteiger partial charge is 0.104 e. The average Bonchev–Trinajstić information content (AvgIpc) is 3.69. The monoisotopic (exact) mass is 698 g/mol. The van der Waals surface area contributed by atoms with E-state index in [1.54, 1.807) is 0 Å². The van der Waals surface area contributed by atoms with Crippen molar-refractivity contribution in [2.75, 3.05) is 0 Å². The summed E-state index contributed by atoms with van der Waals surface area (Å²) in [6, 6.07) is 52.4. The molecule has 4 nitrogen and oxygen atoms in total. The predicted octanol–water partition coefficient (Wildman–Crippen LogP) is 13.1. The number of nitrogens with zero attached hydrogens (tertiary/aromatic N) is 4. The summed E-state index contributed by atoms with van der Waals surface area (Å²) in [4.78, 5) is 4.95. The zero-order valence-corrected chi connectivity index (χ0v) is 31.6. The fourth-order valence-electron chi connectivity index (χ4n) is 8.09. The summed E-state index contributed by atoms with van der Waals surface area (Å²) in [5, 5.41) is 16.1. The lowest BCUT2D eigenvalue weighted by Crippen LogP contribution is -2.11. The van der Waals surface area contributed by atoms with Gasteiger partial charge in [-0.15, -0.1) is 0 Å². The maximum absolute atomic E-state index is 11.5. The van der Waals surface area contributed by atoms with E-state index < -0.39 is 0 Å². The fourth-order valence-corrected chi connectivity index (χ4v) is 8.09. The second-order valence-electron chi connectivity index (χ2n) is 16.4. The number of hydrogen-bond acceptors (Lipinski definition) is 2. The van der Waals surface area contributed by atoms with E-state index in [1.165, 1.54) is 11.1 Å². The molecule has 262 valence electrons. The molecular formula is C50H42N4. The molecule has 0 fully saturated rings. The Balaban J connectivity index is 1.47. The SMILES string of the molecule is CC(C)(C)c1ccc2c3ccccc3n(-c3cc(-c4cccnc4-c4ccccc4)cc(-n4c5ccccc5c5ccc(C(C)(C)C)cc54)c3C#N)c2c1. The molecule has 0 aliphatic rings. The minimum Gasteiger partial charge on any atom is -0.308 e. The molecule has 0 atom stereocenters. The average molecular weight is 699 g/mol. The summed E-state index contributed by atoms with van der Waals surface area (Å²) in [6.07, 6.45) is 1.86. The third kappa shape index (κ3) is 5.31. The summed E-state index contributed by atoms with van der Waals surface area (Å²) in [5.41, 5.74) is 12.8. The molecule has 0 N–H and O–H groups in total. The van der Waals surface area contributed by atoms with Crippen LogP contribution >= 0.6 is 0 Å². The molecule has 0 spiro atoms. The fraction of sp³-hybridized carbons (Fsp3) is 0.160. The van der Waals surface area contributed by atoms with Crippen LogP contribution in [0.5, 0.6) is 0 Å². The van der Waals surface area contributed by atoms with E-state index in [9.17, 15) is 5.26 Å². The molecule has 0 saturated heterocycles. The van der Waals surface area contributed by atoms with Gasteiger partial charge in [0.2, 0.25) is 0 Å². The Bertz CT molecular complexity index is 2800. The molecular weight excluding hydrogens is 657 g/mol. The third-order valence-corrected chi connectivity index (χ3v) is 10.9. The lowest BCUT2D eigenvalue weighted by molar-refractivity contribution is 0.590. The Kier molecular flexibility index (Phi) is 7.62. The summed E-state index contributed by atoms with van der Waals surface area (Å²) in [6.45, 7) is 13.5. The van der Waals surface area contributed by atoms with E-state index in [-0.39, 0.29) is 10.8 Å². The standard InChI is InChI=1S/C50H42N4/c1-49(2,3)34-22-24-39-37-17-10-12-20-42(37)53(46(39)29-34)44-27-33(36-19-14-26-52-48(36)32-15-8-7-9-16-32)28-45(41(44)31-51)54-43-21-13-11-18-38(43)40-25-23-35(30-47(40)54)50(4,5)6/h7-30H,1-6H3. The number of fused-ring (bicyclic) bond motifs is 6. The van der Waals surface area contributed by atoms with Crippen LogP contribution in [0, 0.1) is 11.3 Å². The second kappa shape index (κ2) is 12.3. The van der Waals surface area contributed by atoms with Crippen LogP contribution in [-0.2, 0) is 10.8 Å². The quantitative estimate of drug-likeness (QED) is 0.184. The first-order chi connectivity index (χ1) is 26.0. The number of pyridine rings is 1. The second-order valence-corrected chi connectivity index (χ2v) is 16.4. The van der Waals surface area contributed by atoms with E-state index in [2.05, 4.69) is 184 Å². The summed E-state index contributed by atoms with van der Waals surface area (Å²) >= 11 is 0. The van der Waals surface area contributed by atoms with Crippen molar-refractivity contribution in [2.45, 2.75) is 52.4 Å². The number of benzene rings is 6. The van der Waals surface area contributed by atoms with Crippen molar-refractivity contribution in [1.29, 1.82) is 5.26 Å². The van der Waals surface area contributed by atoms with Crippen LogP contribution in [0.15, 0.2) is 146 Å². The van der Waals surface area contributed by atoms with Gasteiger partial charge in [-0.25, -0.2) is 0 Å². The molecule has 0 radical (unpaired) electrons. The lowest BCUT2D eigenvalue weighted by Gasteiger charge is -2.22. The molecule has 3 heterocycles. The van der Waals surface area contributed by atoms with Gasteiger partial charge in [0, 0.05) is 38.9 Å². The van der Waals surface area contributed by atoms with Gasteiger partial charge in [-0.1, -0.05) is 139 Å². The van der Waals surface area contributed by atoms with Crippen LogP contribution in [0.4, 0.5) is 0 Å². The molecule has 3 aromatic heterocycles. The minimum atomic E-state index is -0.0609. The first kappa shape index (κ1) is 33.4. The van der Waals surface area contributed by atoms with Crippen molar-refractivity contribution in [2.24, 2.45) is 0 Å². The van der Waals surface area contributed by atoms with Crippen LogP contribution in [0.2, 0.25) is 0 Å². The minimum absolute atomic E-state index is 0.0609. The van der Waals surface area contributed by atoms with Crippen molar-refractivity contribution < 1.29 is 0 Å². The van der Waals surface area contributed by atoms with E-state index >= 15 is 0 Å². The normalized spacial score (nSPS) is 12.2. The molecule has 4 heteroatoms. The Morgan fingerprint density at radius 1 is 0.481 bits per heavy atom. The number of hydrogen-bond donors (Lipinski definition) is 0. The van der Waals surface area contributed by atoms with Crippen LogP contribution < -0.4 is 0 Å². The molecule has 0 saturated carbocycles. The maximum Gasteiger partial charge on any atom is 0.104 e. The van der Waals surface area contributed by atoms with E-state index in [1.807, 2.05) is 18.3 Å². The van der Waals surface area contributed by atoms with Crippen LogP contribution in [0.25, 0.3) is 77.4 Å². The molecule has 54 heavy (non-hydrogen) atoms. The van der Waals surface area contributed by atoms with E-state index in [4.69, 9.17) is 4.98 Å². The molecule has 0 aliphatic heterocycles. The van der Waals surface area contributed by atoms with Crippen molar-refractivity contribution in [1.82, 2.24) is 14.1 Å². The van der Waals surface area contributed by atoms with Crippen molar-refractivity contribution >= 4 is 43.6 Å². The molecule has 6 aromatic carbocycles. The van der Waals surface area contributed by atoms with Crippen LogP contribution in [-0.4, -0.2) is 14.1 Å². The van der Waals surface area contributed by atoms with Gasteiger partial charge in [-0.3, -0.25) is 4.98 Å². The van der Waals surface area contributed by atoms with Crippen LogP contribution in [0.1, 0.15) is 58.2 Å². The zero-order valence-electron chi connectivity index (χ0n) is 31.6. The summed E-state index contributed by atoms with van der Waals surface area (Å²) in [7, 11) is 0. The Labute approximate surface area is 316 Å². The van der Waals surface area contributed by atoms with Gasteiger partial charge in [0.15, 0.2) is 0 Å². The Morgan fingerprint density at radius 2 is 0.963 bits per heavy atom. The number of nitriles is 1. The highest BCUT2D eigenvalue weighted by atomic mass is 15.0. The highest BCUT2D eigenvalue weighted by Crippen LogP contribution is 2.43. The third-order valence-electron chi connectivity index (χ3n) is 10.9. The van der Waals surface area contributed by atoms with Gasteiger partial charge in [-0.05, 0) is 70.0 Å². The lowest BCUT2D eigenvalue weighted by atomic mass is 9.86. The number of aromatic nitrogens is 3. The number of para-hydroxylation sites is 2. The van der Waals surface area contributed by atoms with Crippen molar-refractivity contribution in [3.05, 3.63) is 162 Å². The molecule has 9 rings (SSSR count). The van der Waals surface area contributed by atoms with E-state index in [0.717, 1.165) is 77.4 Å². The molecule has 0 unspecified atom stereocenters. The Hall–Kier alpha value is -6.44. The number of rotatable bonds is 4. The maximum atomic E-state index is 11.5. The summed E-state index contributed by atoms with van der Waals surface area (Å²) < 4.78 is 4.64. The topological polar surface area (TPSA) is 46.5 Å². The predicted molar refractivity (Wildman–Crippen MR) is 226 cm³/mol. The Morgan fingerprint density at radius 3 is 1.46 bits per heavy atom. The van der Waals surface area contributed by atoms with Gasteiger partial charge >= 0.3 is 0 Å². The van der Waals surface area contributed by atoms with Gasteiger partial charge in [0.25, 0.3) is 0 Å². The molecule has 0 amide bonds. The zero-order chi connectivity index (χ0) is 37.4. The van der Waals surface area contributed by atoms with Gasteiger partial charge in [0.05, 0.1) is 39.1 Å². The van der Waals surface area contributed by atoms with Crippen molar-refractivity contribution in [3.8, 4) is 39.8 Å². The van der Waals surface area contributed by atoms with E-state index in [0.29, 0.717) is 5.56 Å².